The Bertz CT molecular complexity index is 596. The predicted octanol–water partition coefficient (Wildman–Crippen LogP) is 2.64. The van der Waals surface area contributed by atoms with Gasteiger partial charge in [0.15, 0.2) is 0 Å². The Morgan fingerprint density at radius 1 is 1.19 bits per heavy atom. The maximum atomic E-state index is 12.2. The Hall–Kier alpha value is -1.59. The lowest BCUT2D eigenvalue weighted by Crippen LogP contribution is -2.48. The Kier molecular flexibility index (Phi) is 8.57. The van der Waals surface area contributed by atoms with Gasteiger partial charge in [-0.05, 0) is 48.5 Å². The van der Waals surface area contributed by atoms with E-state index in [0.29, 0.717) is 24.4 Å². The molecule has 2 atom stereocenters. The van der Waals surface area contributed by atoms with Crippen LogP contribution in [0.1, 0.15) is 56.5 Å². The van der Waals surface area contributed by atoms with Crippen LogP contribution in [0.15, 0.2) is 24.3 Å². The van der Waals surface area contributed by atoms with Crippen LogP contribution in [0.2, 0.25) is 0 Å². The molecule has 0 aromatic heterocycles. The summed E-state index contributed by atoms with van der Waals surface area (Å²) < 4.78 is 0. The molecule has 0 saturated carbocycles. The highest BCUT2D eigenvalue weighted by Crippen LogP contribution is 2.22. The number of hydrogen-bond donors (Lipinski definition) is 3. The van der Waals surface area contributed by atoms with E-state index in [4.69, 9.17) is 0 Å². The molecular weight excluding hydrogens is 350 g/mol. The minimum Gasteiger partial charge on any atom is -0.353 e. The zero-order chi connectivity index (χ0) is 18.4. The number of rotatable bonds is 5. The van der Waals surface area contributed by atoms with Crippen molar-refractivity contribution in [3.8, 4) is 0 Å². The van der Waals surface area contributed by atoms with Crippen LogP contribution in [-0.4, -0.2) is 37.5 Å². The standard InChI is InChI=1S/C20H31N3O2.ClH/c1-14-13-21-11-9-17(14)23-18(24)10-12-22-19(25)15-5-7-16(8-6-15)20(2,3)4;/h5-8,14,17,21H,9-13H2,1-4H3,(H,22,25)(H,23,24);1H. The Morgan fingerprint density at radius 2 is 1.85 bits per heavy atom. The molecule has 146 valence electrons. The first-order valence-corrected chi connectivity index (χ1v) is 9.16. The second-order valence-electron chi connectivity index (χ2n) is 7.98. The molecule has 2 unspecified atom stereocenters. The fourth-order valence-electron chi connectivity index (χ4n) is 3.02. The van der Waals surface area contributed by atoms with Crippen molar-refractivity contribution in [2.24, 2.45) is 5.92 Å². The summed E-state index contributed by atoms with van der Waals surface area (Å²) in [6.45, 7) is 10.8. The molecule has 26 heavy (non-hydrogen) atoms. The summed E-state index contributed by atoms with van der Waals surface area (Å²) in [6.07, 6.45) is 1.27. The van der Waals surface area contributed by atoms with Crippen LogP contribution in [0.3, 0.4) is 0 Å². The van der Waals surface area contributed by atoms with Gasteiger partial charge in [0.2, 0.25) is 5.91 Å². The summed E-state index contributed by atoms with van der Waals surface area (Å²) in [5.41, 5.74) is 1.89. The van der Waals surface area contributed by atoms with E-state index in [2.05, 4.69) is 43.6 Å². The molecule has 0 spiro atoms. The average molecular weight is 382 g/mol. The van der Waals surface area contributed by atoms with Crippen molar-refractivity contribution in [3.05, 3.63) is 35.4 Å². The number of hydrogen-bond acceptors (Lipinski definition) is 3. The van der Waals surface area contributed by atoms with Crippen LogP contribution in [0.5, 0.6) is 0 Å². The van der Waals surface area contributed by atoms with Crippen LogP contribution in [-0.2, 0) is 10.2 Å². The normalized spacial score (nSPS) is 20.0. The smallest absolute Gasteiger partial charge is 0.251 e. The minimum atomic E-state index is -0.136. The zero-order valence-electron chi connectivity index (χ0n) is 16.2. The lowest BCUT2D eigenvalue weighted by atomic mass is 9.87. The van der Waals surface area contributed by atoms with Crippen molar-refractivity contribution in [1.82, 2.24) is 16.0 Å². The molecule has 0 aliphatic carbocycles. The van der Waals surface area contributed by atoms with E-state index >= 15 is 0 Å². The van der Waals surface area contributed by atoms with Crippen molar-refractivity contribution in [3.63, 3.8) is 0 Å². The number of carbonyl (C=O) groups excluding carboxylic acids is 2. The first-order chi connectivity index (χ1) is 11.8. The van der Waals surface area contributed by atoms with E-state index in [9.17, 15) is 9.59 Å². The van der Waals surface area contributed by atoms with Gasteiger partial charge in [-0.2, -0.15) is 0 Å². The monoisotopic (exact) mass is 381 g/mol. The van der Waals surface area contributed by atoms with Crippen molar-refractivity contribution in [1.29, 1.82) is 0 Å². The summed E-state index contributed by atoms with van der Waals surface area (Å²) in [4.78, 5) is 24.2. The second-order valence-corrected chi connectivity index (χ2v) is 7.98. The molecule has 1 heterocycles. The van der Waals surface area contributed by atoms with Crippen molar-refractivity contribution in [2.45, 2.75) is 52.0 Å². The van der Waals surface area contributed by atoms with Gasteiger partial charge in [-0.15, -0.1) is 12.4 Å². The molecule has 0 radical (unpaired) electrons. The van der Waals surface area contributed by atoms with Gasteiger partial charge in [-0.25, -0.2) is 0 Å². The van der Waals surface area contributed by atoms with Crippen LogP contribution in [0, 0.1) is 5.92 Å². The first kappa shape index (κ1) is 22.5. The molecule has 2 rings (SSSR count). The van der Waals surface area contributed by atoms with Crippen LogP contribution >= 0.6 is 12.4 Å². The average Bonchev–Trinajstić information content (AvgIpc) is 2.56. The molecule has 1 aromatic rings. The van der Waals surface area contributed by atoms with E-state index < -0.39 is 0 Å². The molecule has 1 aliphatic heterocycles. The number of nitrogens with one attached hydrogen (secondary N) is 3. The van der Waals surface area contributed by atoms with E-state index in [-0.39, 0.29) is 35.7 Å². The first-order valence-electron chi connectivity index (χ1n) is 9.16. The summed E-state index contributed by atoms with van der Waals surface area (Å²) in [5.74, 6) is 0.305. The lowest BCUT2D eigenvalue weighted by Gasteiger charge is -2.30. The number of halogens is 1. The molecule has 0 bridgehead atoms. The van der Waals surface area contributed by atoms with Crippen LogP contribution < -0.4 is 16.0 Å². The maximum Gasteiger partial charge on any atom is 0.251 e. The zero-order valence-corrected chi connectivity index (χ0v) is 17.0. The molecule has 1 aliphatic rings. The molecule has 5 nitrogen and oxygen atoms in total. The third-order valence-corrected chi connectivity index (χ3v) is 4.78. The van der Waals surface area contributed by atoms with Gasteiger partial charge in [0.1, 0.15) is 0 Å². The summed E-state index contributed by atoms with van der Waals surface area (Å²) >= 11 is 0. The van der Waals surface area contributed by atoms with Crippen LogP contribution in [0.4, 0.5) is 0 Å². The summed E-state index contributed by atoms with van der Waals surface area (Å²) in [5, 5.41) is 9.22. The lowest BCUT2D eigenvalue weighted by molar-refractivity contribution is -0.122. The highest BCUT2D eigenvalue weighted by Gasteiger charge is 2.22. The topological polar surface area (TPSA) is 70.2 Å². The van der Waals surface area contributed by atoms with Gasteiger partial charge < -0.3 is 16.0 Å². The highest BCUT2D eigenvalue weighted by atomic mass is 35.5. The predicted molar refractivity (Wildman–Crippen MR) is 108 cm³/mol. The molecule has 1 saturated heterocycles. The second kappa shape index (κ2) is 9.93. The Labute approximate surface area is 163 Å². The summed E-state index contributed by atoms with van der Waals surface area (Å²) in [7, 11) is 0. The number of piperidine rings is 1. The van der Waals surface area contributed by atoms with Gasteiger partial charge in [-0.3, -0.25) is 9.59 Å². The maximum absolute atomic E-state index is 12.2. The largest absolute Gasteiger partial charge is 0.353 e. The molecule has 1 fully saturated rings. The molecular formula is C20H32ClN3O2. The molecule has 1 aromatic carbocycles. The number of benzene rings is 1. The number of carbonyl (C=O) groups is 2. The van der Waals surface area contributed by atoms with E-state index in [1.807, 2.05) is 24.3 Å². The summed E-state index contributed by atoms with van der Waals surface area (Å²) in [6, 6.07) is 7.88. The van der Waals surface area contributed by atoms with E-state index in [1.54, 1.807) is 0 Å². The van der Waals surface area contributed by atoms with Gasteiger partial charge in [0.25, 0.3) is 5.91 Å². The van der Waals surface area contributed by atoms with Crippen molar-refractivity contribution in [2.75, 3.05) is 19.6 Å². The van der Waals surface area contributed by atoms with Gasteiger partial charge in [0.05, 0.1) is 0 Å². The van der Waals surface area contributed by atoms with E-state index in [1.165, 1.54) is 5.56 Å². The molecule has 6 heteroatoms. The van der Waals surface area contributed by atoms with Gasteiger partial charge >= 0.3 is 0 Å². The minimum absolute atomic E-state index is 0. The molecule has 2 amide bonds. The van der Waals surface area contributed by atoms with E-state index in [0.717, 1.165) is 19.5 Å². The fraction of sp³-hybridized carbons (Fsp3) is 0.600. The van der Waals surface area contributed by atoms with Crippen molar-refractivity contribution < 1.29 is 9.59 Å². The van der Waals surface area contributed by atoms with Crippen LogP contribution in [0.25, 0.3) is 0 Å². The van der Waals surface area contributed by atoms with Gasteiger partial charge in [0, 0.05) is 24.6 Å². The third kappa shape index (κ3) is 6.61. The fourth-order valence-corrected chi connectivity index (χ4v) is 3.02. The number of amides is 2. The third-order valence-electron chi connectivity index (χ3n) is 4.78. The molecule has 3 N–H and O–H groups in total. The quantitative estimate of drug-likeness (QED) is 0.734. The van der Waals surface area contributed by atoms with Crippen molar-refractivity contribution >= 4 is 24.2 Å². The Balaban J connectivity index is 0.00000338. The van der Waals surface area contributed by atoms with Gasteiger partial charge in [-0.1, -0.05) is 39.8 Å². The SMILES string of the molecule is CC1CNCCC1NC(=O)CCNC(=O)c1ccc(C(C)(C)C)cc1.Cl. The Morgan fingerprint density at radius 3 is 2.42 bits per heavy atom. The highest BCUT2D eigenvalue weighted by molar-refractivity contribution is 5.94.